The zero-order chi connectivity index (χ0) is 16.4. The maximum absolute atomic E-state index is 12.6. The summed E-state index contributed by atoms with van der Waals surface area (Å²) in [7, 11) is 0. The lowest BCUT2D eigenvalue weighted by molar-refractivity contribution is -0.136. The molecule has 2 atom stereocenters. The largest absolute Gasteiger partial charge is 0.339 e. The molecule has 2 aromatic rings. The van der Waals surface area contributed by atoms with Crippen LogP contribution in [0.4, 0.5) is 0 Å². The highest BCUT2D eigenvalue weighted by atomic mass is 16.2. The monoisotopic (exact) mass is 314 g/mol. The number of hydrogen-bond acceptors (Lipinski definition) is 3. The van der Waals surface area contributed by atoms with Gasteiger partial charge in [0.1, 0.15) is 6.04 Å². The molecule has 0 saturated carbocycles. The van der Waals surface area contributed by atoms with Gasteiger partial charge in [0, 0.05) is 18.0 Å². The second-order valence-electron chi connectivity index (χ2n) is 6.19. The summed E-state index contributed by atoms with van der Waals surface area (Å²) >= 11 is 0. The first-order valence-electron chi connectivity index (χ1n) is 8.12. The maximum Gasteiger partial charge on any atom is 0.273 e. The van der Waals surface area contributed by atoms with Gasteiger partial charge in [-0.15, -0.1) is 0 Å². The van der Waals surface area contributed by atoms with Gasteiger partial charge in [-0.25, -0.2) is 0 Å². The molecule has 6 heteroatoms. The third-order valence-electron chi connectivity index (χ3n) is 4.49. The standard InChI is InChI=1S/C17H22N4O2/c1-11-7-5-6-10-21(11)17(23)12(2)18-16(22)15-13-8-3-4-9-14(13)19-20-15/h3-4,8-9,11-12H,5-7,10H2,1-2H3,(H,18,22)(H,19,20)/t11-,12-/m1/s1. The van der Waals surface area contributed by atoms with Crippen molar-refractivity contribution in [2.45, 2.75) is 45.2 Å². The summed E-state index contributed by atoms with van der Waals surface area (Å²) in [4.78, 5) is 26.9. The fraction of sp³-hybridized carbons (Fsp3) is 0.471. The molecular weight excluding hydrogens is 292 g/mol. The summed E-state index contributed by atoms with van der Waals surface area (Å²) < 4.78 is 0. The number of H-pyrrole nitrogens is 1. The van der Waals surface area contributed by atoms with Gasteiger partial charge in [-0.3, -0.25) is 14.7 Å². The van der Waals surface area contributed by atoms with Gasteiger partial charge in [-0.2, -0.15) is 5.10 Å². The Morgan fingerprint density at radius 3 is 2.91 bits per heavy atom. The van der Waals surface area contributed by atoms with Crippen LogP contribution in [0.3, 0.4) is 0 Å². The van der Waals surface area contributed by atoms with Crippen molar-refractivity contribution in [2.24, 2.45) is 0 Å². The Morgan fingerprint density at radius 2 is 2.13 bits per heavy atom. The molecular formula is C17H22N4O2. The quantitative estimate of drug-likeness (QED) is 0.910. The normalized spacial score (nSPS) is 19.6. The first-order chi connectivity index (χ1) is 11.1. The number of rotatable bonds is 3. The van der Waals surface area contributed by atoms with Crippen LogP contribution in [-0.4, -0.2) is 45.5 Å². The Kier molecular flexibility index (Phi) is 4.32. The van der Waals surface area contributed by atoms with E-state index >= 15 is 0 Å². The first-order valence-corrected chi connectivity index (χ1v) is 8.12. The fourth-order valence-electron chi connectivity index (χ4n) is 3.14. The number of amides is 2. The van der Waals surface area contributed by atoms with E-state index in [1.54, 1.807) is 6.92 Å². The highest BCUT2D eigenvalue weighted by molar-refractivity contribution is 6.05. The lowest BCUT2D eigenvalue weighted by Gasteiger charge is -2.35. The van der Waals surface area contributed by atoms with Crippen LogP contribution in [0.5, 0.6) is 0 Å². The first kappa shape index (κ1) is 15.5. The number of para-hydroxylation sites is 1. The number of carbonyl (C=O) groups excluding carboxylic acids is 2. The van der Waals surface area contributed by atoms with Gasteiger partial charge in [0.15, 0.2) is 5.69 Å². The van der Waals surface area contributed by atoms with Crippen molar-refractivity contribution >= 4 is 22.7 Å². The van der Waals surface area contributed by atoms with Gasteiger partial charge < -0.3 is 10.2 Å². The number of carbonyl (C=O) groups is 2. The van der Waals surface area contributed by atoms with E-state index < -0.39 is 6.04 Å². The zero-order valence-electron chi connectivity index (χ0n) is 13.5. The summed E-state index contributed by atoms with van der Waals surface area (Å²) in [6, 6.07) is 7.13. The fourth-order valence-corrected chi connectivity index (χ4v) is 3.14. The van der Waals surface area contributed by atoms with E-state index in [1.807, 2.05) is 29.2 Å². The molecule has 6 nitrogen and oxygen atoms in total. The summed E-state index contributed by atoms with van der Waals surface area (Å²) in [5.74, 6) is -0.349. The van der Waals surface area contributed by atoms with Crippen molar-refractivity contribution in [3.8, 4) is 0 Å². The van der Waals surface area contributed by atoms with E-state index in [2.05, 4.69) is 22.4 Å². The van der Waals surface area contributed by atoms with Crippen LogP contribution in [0.1, 0.15) is 43.6 Å². The van der Waals surface area contributed by atoms with Crippen molar-refractivity contribution in [2.75, 3.05) is 6.54 Å². The third-order valence-corrected chi connectivity index (χ3v) is 4.49. The van der Waals surface area contributed by atoms with Crippen molar-refractivity contribution < 1.29 is 9.59 Å². The molecule has 1 aliphatic rings. The van der Waals surface area contributed by atoms with E-state index in [4.69, 9.17) is 0 Å². The molecule has 23 heavy (non-hydrogen) atoms. The Hall–Kier alpha value is -2.37. The van der Waals surface area contributed by atoms with Gasteiger partial charge in [-0.05, 0) is 39.2 Å². The van der Waals surface area contributed by atoms with Crippen LogP contribution >= 0.6 is 0 Å². The number of likely N-dealkylation sites (tertiary alicyclic amines) is 1. The van der Waals surface area contributed by atoms with E-state index in [-0.39, 0.29) is 17.9 Å². The molecule has 3 rings (SSSR count). The lowest BCUT2D eigenvalue weighted by Crippen LogP contribution is -2.51. The summed E-state index contributed by atoms with van der Waals surface area (Å²) in [6.45, 7) is 4.56. The van der Waals surface area contributed by atoms with Crippen molar-refractivity contribution in [3.63, 3.8) is 0 Å². The zero-order valence-corrected chi connectivity index (χ0v) is 13.5. The van der Waals surface area contributed by atoms with Crippen LogP contribution < -0.4 is 5.32 Å². The maximum atomic E-state index is 12.6. The minimum atomic E-state index is -0.557. The highest BCUT2D eigenvalue weighted by Crippen LogP contribution is 2.18. The average Bonchev–Trinajstić information content (AvgIpc) is 2.98. The Bertz CT molecular complexity index is 724. The second kappa shape index (κ2) is 6.40. The van der Waals surface area contributed by atoms with Crippen molar-refractivity contribution in [3.05, 3.63) is 30.0 Å². The van der Waals surface area contributed by atoms with Crippen LogP contribution in [0.2, 0.25) is 0 Å². The smallest absolute Gasteiger partial charge is 0.273 e. The van der Waals surface area contributed by atoms with Gasteiger partial charge in [0.05, 0.1) is 5.52 Å². The average molecular weight is 314 g/mol. The molecule has 1 fully saturated rings. The predicted molar refractivity (Wildman–Crippen MR) is 88.0 cm³/mol. The molecule has 1 aromatic heterocycles. The number of nitrogens with one attached hydrogen (secondary N) is 2. The van der Waals surface area contributed by atoms with Gasteiger partial charge in [0.2, 0.25) is 5.91 Å². The van der Waals surface area contributed by atoms with E-state index in [0.717, 1.165) is 36.7 Å². The van der Waals surface area contributed by atoms with Crippen LogP contribution in [0.25, 0.3) is 10.9 Å². The predicted octanol–water partition coefficient (Wildman–Crippen LogP) is 2.08. The summed E-state index contributed by atoms with van der Waals surface area (Å²) in [5, 5.41) is 10.4. The van der Waals surface area contributed by atoms with Crippen molar-refractivity contribution in [1.29, 1.82) is 0 Å². The minimum absolute atomic E-state index is 0.0228. The number of aromatic nitrogens is 2. The molecule has 0 radical (unpaired) electrons. The number of piperidine rings is 1. The van der Waals surface area contributed by atoms with Crippen LogP contribution in [0.15, 0.2) is 24.3 Å². The lowest BCUT2D eigenvalue weighted by atomic mass is 10.0. The number of benzene rings is 1. The molecule has 0 spiro atoms. The van der Waals surface area contributed by atoms with E-state index in [9.17, 15) is 9.59 Å². The SMILES string of the molecule is C[C@@H]1CCCCN1C(=O)[C@@H](C)NC(=O)c1n[nH]c2ccccc12. The molecule has 0 aliphatic carbocycles. The Balaban J connectivity index is 1.70. The third kappa shape index (κ3) is 3.06. The van der Waals surface area contributed by atoms with Gasteiger partial charge in [0.25, 0.3) is 5.91 Å². The van der Waals surface area contributed by atoms with E-state index in [1.165, 1.54) is 0 Å². The van der Waals surface area contributed by atoms with E-state index in [0.29, 0.717) is 5.69 Å². The molecule has 0 unspecified atom stereocenters. The van der Waals surface area contributed by atoms with Gasteiger partial charge in [-0.1, -0.05) is 18.2 Å². The van der Waals surface area contributed by atoms with Crippen LogP contribution in [-0.2, 0) is 4.79 Å². The summed E-state index contributed by atoms with van der Waals surface area (Å²) in [6.07, 6.45) is 3.21. The minimum Gasteiger partial charge on any atom is -0.339 e. The molecule has 1 aromatic carbocycles. The molecule has 2 amide bonds. The number of aromatic amines is 1. The second-order valence-corrected chi connectivity index (χ2v) is 6.19. The molecule has 1 aliphatic heterocycles. The molecule has 2 N–H and O–H groups in total. The molecule has 0 bridgehead atoms. The molecule has 122 valence electrons. The number of nitrogens with zero attached hydrogens (tertiary/aromatic N) is 2. The topological polar surface area (TPSA) is 78.1 Å². The molecule has 1 saturated heterocycles. The van der Waals surface area contributed by atoms with Crippen LogP contribution in [0, 0.1) is 0 Å². The van der Waals surface area contributed by atoms with Crippen molar-refractivity contribution in [1.82, 2.24) is 20.4 Å². The van der Waals surface area contributed by atoms with Gasteiger partial charge >= 0.3 is 0 Å². The highest BCUT2D eigenvalue weighted by Gasteiger charge is 2.28. The Labute approximate surface area is 135 Å². The summed E-state index contributed by atoms with van der Waals surface area (Å²) in [5.41, 5.74) is 1.13. The molecule has 2 heterocycles. The number of fused-ring (bicyclic) bond motifs is 1. The Morgan fingerprint density at radius 1 is 1.35 bits per heavy atom. The number of hydrogen-bond donors (Lipinski definition) is 2.